The van der Waals surface area contributed by atoms with E-state index in [1.54, 1.807) is 11.3 Å². The van der Waals surface area contributed by atoms with Crippen molar-refractivity contribution in [2.45, 2.75) is 26.2 Å². The first-order chi connectivity index (χ1) is 12.6. The van der Waals surface area contributed by atoms with Crippen LogP contribution in [0.3, 0.4) is 0 Å². The first-order valence-corrected chi connectivity index (χ1v) is 9.80. The molecule has 0 atom stereocenters. The van der Waals surface area contributed by atoms with Crippen molar-refractivity contribution in [2.75, 3.05) is 13.1 Å². The Hall–Kier alpha value is -2.46. The zero-order valence-electron chi connectivity index (χ0n) is 14.8. The van der Waals surface area contributed by atoms with Crippen LogP contribution < -0.4 is 0 Å². The molecule has 0 radical (unpaired) electrons. The number of benzene rings is 2. The first kappa shape index (κ1) is 17.0. The molecular weight excluding hydrogens is 342 g/mol. The zero-order valence-corrected chi connectivity index (χ0v) is 15.6. The molecule has 0 spiro atoms. The van der Waals surface area contributed by atoms with Crippen molar-refractivity contribution >= 4 is 33.1 Å². The summed E-state index contributed by atoms with van der Waals surface area (Å²) < 4.78 is 1.14. The van der Waals surface area contributed by atoms with Crippen LogP contribution in [0.4, 0.5) is 0 Å². The molecule has 3 aromatic rings. The van der Waals surface area contributed by atoms with Gasteiger partial charge in [0.15, 0.2) is 0 Å². The van der Waals surface area contributed by atoms with E-state index in [1.165, 1.54) is 11.1 Å². The molecule has 1 aliphatic rings. The number of amides is 1. The summed E-state index contributed by atoms with van der Waals surface area (Å²) in [5.41, 5.74) is 3.55. The number of aryl methyl sites for hydroxylation is 1. The highest BCUT2D eigenvalue weighted by Crippen LogP contribution is 2.34. The van der Waals surface area contributed by atoms with Crippen molar-refractivity contribution in [2.24, 2.45) is 0 Å². The lowest BCUT2D eigenvalue weighted by Gasteiger charge is -2.26. The minimum Gasteiger partial charge on any atom is -0.337 e. The van der Waals surface area contributed by atoms with E-state index in [4.69, 9.17) is 0 Å². The van der Waals surface area contributed by atoms with E-state index in [2.05, 4.69) is 43.3 Å². The Bertz CT molecular complexity index is 961. The fourth-order valence-corrected chi connectivity index (χ4v) is 4.65. The third-order valence-corrected chi connectivity index (χ3v) is 6.20. The van der Waals surface area contributed by atoms with Gasteiger partial charge < -0.3 is 4.90 Å². The van der Waals surface area contributed by atoms with Crippen LogP contribution >= 0.6 is 11.3 Å². The minimum absolute atomic E-state index is 0.0702. The Kier molecular flexibility index (Phi) is 4.60. The number of rotatable bonds is 3. The van der Waals surface area contributed by atoms with Crippen molar-refractivity contribution in [3.8, 4) is 0 Å². The summed E-state index contributed by atoms with van der Waals surface area (Å²) in [5.74, 6) is 0.325. The molecular formula is C22H21NO2S. The van der Waals surface area contributed by atoms with Gasteiger partial charge in [-0.05, 0) is 35.9 Å². The van der Waals surface area contributed by atoms with Gasteiger partial charge in [-0.1, -0.05) is 48.0 Å². The SMILES string of the molecule is Cc1ccc(Cc2c(C(=O)N3CCC(=O)CC3)sc3ccccc23)cc1. The third kappa shape index (κ3) is 3.29. The van der Waals surface area contributed by atoms with Crippen LogP contribution in [0.1, 0.15) is 39.2 Å². The first-order valence-electron chi connectivity index (χ1n) is 8.99. The predicted octanol–water partition coefficient (Wildman–Crippen LogP) is 4.61. The zero-order chi connectivity index (χ0) is 18.1. The lowest BCUT2D eigenvalue weighted by Crippen LogP contribution is -2.38. The fraction of sp³-hybridized carbons (Fsp3) is 0.273. The highest BCUT2D eigenvalue weighted by atomic mass is 32.1. The molecule has 1 fully saturated rings. The molecule has 0 N–H and O–H groups in total. The van der Waals surface area contributed by atoms with Gasteiger partial charge in [-0.3, -0.25) is 9.59 Å². The van der Waals surface area contributed by atoms with E-state index in [-0.39, 0.29) is 11.7 Å². The van der Waals surface area contributed by atoms with E-state index in [9.17, 15) is 9.59 Å². The Morgan fingerprint density at radius 2 is 1.73 bits per heavy atom. The highest BCUT2D eigenvalue weighted by Gasteiger charge is 2.26. The number of hydrogen-bond acceptors (Lipinski definition) is 3. The molecule has 3 nitrogen and oxygen atoms in total. The number of likely N-dealkylation sites (tertiary alicyclic amines) is 1. The maximum atomic E-state index is 13.2. The summed E-state index contributed by atoms with van der Waals surface area (Å²) in [4.78, 5) is 27.3. The van der Waals surface area contributed by atoms with Crippen LogP contribution in [0.2, 0.25) is 0 Å². The maximum absolute atomic E-state index is 13.2. The van der Waals surface area contributed by atoms with E-state index >= 15 is 0 Å². The van der Waals surface area contributed by atoms with Crippen molar-refractivity contribution < 1.29 is 9.59 Å². The molecule has 26 heavy (non-hydrogen) atoms. The second kappa shape index (κ2) is 7.04. The van der Waals surface area contributed by atoms with Gasteiger partial charge >= 0.3 is 0 Å². The summed E-state index contributed by atoms with van der Waals surface area (Å²) in [6.07, 6.45) is 1.70. The lowest BCUT2D eigenvalue weighted by atomic mass is 10.00. The Morgan fingerprint density at radius 1 is 1.04 bits per heavy atom. The second-order valence-electron chi connectivity index (χ2n) is 6.90. The van der Waals surface area contributed by atoms with Gasteiger partial charge in [0.2, 0.25) is 0 Å². The normalized spacial score (nSPS) is 14.8. The average Bonchev–Trinajstić information content (AvgIpc) is 3.02. The number of fused-ring (bicyclic) bond motifs is 1. The van der Waals surface area contributed by atoms with Gasteiger partial charge in [-0.25, -0.2) is 0 Å². The van der Waals surface area contributed by atoms with Gasteiger partial charge in [-0.15, -0.1) is 11.3 Å². The Morgan fingerprint density at radius 3 is 2.46 bits per heavy atom. The number of Topliss-reactive ketones (excluding diaryl/α,β-unsaturated/α-hetero) is 1. The summed E-state index contributed by atoms with van der Waals surface area (Å²) in [6, 6.07) is 16.7. The van der Waals surface area contributed by atoms with Crippen molar-refractivity contribution in [1.82, 2.24) is 4.90 Å². The molecule has 1 aliphatic heterocycles. The van der Waals surface area contributed by atoms with E-state index in [0.717, 1.165) is 26.9 Å². The van der Waals surface area contributed by atoms with Crippen LogP contribution in [0, 0.1) is 6.92 Å². The molecule has 0 aliphatic carbocycles. The van der Waals surface area contributed by atoms with Gasteiger partial charge in [0.1, 0.15) is 5.78 Å². The van der Waals surface area contributed by atoms with Crippen LogP contribution in [-0.2, 0) is 11.2 Å². The molecule has 1 aromatic heterocycles. The minimum atomic E-state index is 0.0702. The van der Waals surface area contributed by atoms with Crippen molar-refractivity contribution in [3.63, 3.8) is 0 Å². The van der Waals surface area contributed by atoms with Crippen LogP contribution in [0.5, 0.6) is 0 Å². The number of hydrogen-bond donors (Lipinski definition) is 0. The summed E-state index contributed by atoms with van der Waals surface area (Å²) >= 11 is 1.57. The molecule has 2 heterocycles. The largest absolute Gasteiger partial charge is 0.337 e. The van der Waals surface area contributed by atoms with Crippen LogP contribution in [0.15, 0.2) is 48.5 Å². The van der Waals surface area contributed by atoms with E-state index in [1.807, 2.05) is 17.0 Å². The van der Waals surface area contributed by atoms with E-state index in [0.29, 0.717) is 25.9 Å². The molecule has 132 valence electrons. The summed E-state index contributed by atoms with van der Waals surface area (Å²) in [6.45, 7) is 3.15. The molecule has 1 saturated heterocycles. The van der Waals surface area contributed by atoms with Gasteiger partial charge in [0, 0.05) is 30.6 Å². The smallest absolute Gasteiger partial charge is 0.264 e. The summed E-state index contributed by atoms with van der Waals surface area (Å²) in [7, 11) is 0. The van der Waals surface area contributed by atoms with Gasteiger partial charge in [-0.2, -0.15) is 0 Å². The highest BCUT2D eigenvalue weighted by molar-refractivity contribution is 7.21. The molecule has 4 heteroatoms. The number of thiophene rings is 1. The molecule has 2 aromatic carbocycles. The van der Waals surface area contributed by atoms with Crippen molar-refractivity contribution in [3.05, 3.63) is 70.1 Å². The molecule has 0 saturated carbocycles. The average molecular weight is 363 g/mol. The van der Waals surface area contributed by atoms with Crippen LogP contribution in [0.25, 0.3) is 10.1 Å². The quantitative estimate of drug-likeness (QED) is 0.682. The lowest BCUT2D eigenvalue weighted by molar-refractivity contribution is -0.120. The van der Waals surface area contributed by atoms with E-state index < -0.39 is 0 Å². The molecule has 1 amide bonds. The van der Waals surface area contributed by atoms with Crippen LogP contribution in [-0.4, -0.2) is 29.7 Å². The number of carbonyl (C=O) groups is 2. The third-order valence-electron chi connectivity index (χ3n) is 5.00. The fourth-order valence-electron chi connectivity index (χ4n) is 3.46. The second-order valence-corrected chi connectivity index (χ2v) is 7.95. The molecule has 0 bridgehead atoms. The van der Waals surface area contributed by atoms with Gasteiger partial charge in [0.05, 0.1) is 4.88 Å². The number of ketones is 1. The Labute approximate surface area is 157 Å². The predicted molar refractivity (Wildman–Crippen MR) is 106 cm³/mol. The van der Waals surface area contributed by atoms with Crippen molar-refractivity contribution in [1.29, 1.82) is 0 Å². The van der Waals surface area contributed by atoms with Gasteiger partial charge in [0.25, 0.3) is 5.91 Å². The summed E-state index contributed by atoms with van der Waals surface area (Å²) in [5, 5.41) is 1.16. The standard InChI is InChI=1S/C22H21NO2S/c1-15-6-8-16(9-7-15)14-19-18-4-2-3-5-20(18)26-21(19)22(25)23-12-10-17(24)11-13-23/h2-9H,10-14H2,1H3. The topological polar surface area (TPSA) is 37.4 Å². The maximum Gasteiger partial charge on any atom is 0.264 e. The number of nitrogens with zero attached hydrogens (tertiary/aromatic N) is 1. The number of piperidine rings is 1. The molecule has 0 unspecified atom stereocenters. The monoisotopic (exact) mass is 363 g/mol. The Balaban J connectivity index is 1.72. The molecule has 4 rings (SSSR count). The number of carbonyl (C=O) groups excluding carboxylic acids is 2.